The van der Waals surface area contributed by atoms with Gasteiger partial charge in [0, 0.05) is 25.0 Å². The molecule has 0 spiro atoms. The van der Waals surface area contributed by atoms with Gasteiger partial charge in [-0.3, -0.25) is 0 Å². The van der Waals surface area contributed by atoms with Crippen LogP contribution in [0.2, 0.25) is 0 Å². The molecule has 4 rings (SSSR count). The number of nitrogens with zero attached hydrogens (tertiary/aromatic N) is 4. The minimum atomic E-state index is -0.0757. The number of rotatable bonds is 6. The molecule has 2 aromatic heterocycles. The van der Waals surface area contributed by atoms with Gasteiger partial charge in [-0.2, -0.15) is 5.10 Å². The van der Waals surface area contributed by atoms with Gasteiger partial charge in [0.15, 0.2) is 5.65 Å². The molecular weight excluding hydrogens is 402 g/mol. The van der Waals surface area contributed by atoms with E-state index in [1.165, 1.54) is 0 Å². The van der Waals surface area contributed by atoms with Crippen LogP contribution in [0.4, 0.5) is 10.6 Å². The Morgan fingerprint density at radius 2 is 1.78 bits per heavy atom. The Kier molecular flexibility index (Phi) is 6.58. The van der Waals surface area contributed by atoms with E-state index in [0.717, 1.165) is 71.7 Å². The number of aryl methyl sites for hydroxylation is 3. The summed E-state index contributed by atoms with van der Waals surface area (Å²) in [5.41, 5.74) is 3.95. The first-order chi connectivity index (χ1) is 15.5. The van der Waals surface area contributed by atoms with Crippen molar-refractivity contribution in [3.05, 3.63) is 41.3 Å². The second-order valence-corrected chi connectivity index (χ2v) is 8.52. The molecule has 0 unspecified atom stereocenters. The molecule has 3 aromatic rings. The van der Waals surface area contributed by atoms with Crippen molar-refractivity contribution in [3.63, 3.8) is 0 Å². The predicted octanol–water partition coefficient (Wildman–Crippen LogP) is 4.04. The molecule has 0 radical (unpaired) electrons. The van der Waals surface area contributed by atoms with Gasteiger partial charge in [0.05, 0.1) is 16.8 Å². The van der Waals surface area contributed by atoms with Gasteiger partial charge in [0.25, 0.3) is 0 Å². The first-order valence-corrected chi connectivity index (χ1v) is 11.6. The highest BCUT2D eigenvalue weighted by molar-refractivity contribution is 5.90. The Labute approximate surface area is 189 Å². The maximum atomic E-state index is 11.8. The lowest BCUT2D eigenvalue weighted by atomic mass is 9.91. The molecule has 1 saturated carbocycles. The third kappa shape index (κ3) is 4.54. The fraction of sp³-hybridized carbons (Fsp3) is 0.500. The first-order valence-electron chi connectivity index (χ1n) is 11.6. The zero-order valence-corrected chi connectivity index (χ0v) is 19.4. The fourth-order valence-electron chi connectivity index (χ4n) is 4.43. The lowest BCUT2D eigenvalue weighted by molar-refractivity contribution is 0.232. The number of amides is 2. The average Bonchev–Trinajstić information content (AvgIpc) is 3.12. The number of nitrogens with one attached hydrogen (secondary N) is 3. The van der Waals surface area contributed by atoms with Gasteiger partial charge in [0.2, 0.25) is 0 Å². The molecule has 1 aliphatic rings. The third-order valence-electron chi connectivity index (χ3n) is 6.15. The summed E-state index contributed by atoms with van der Waals surface area (Å²) in [6, 6.07) is 8.69. The number of benzene rings is 1. The summed E-state index contributed by atoms with van der Waals surface area (Å²) in [6.45, 7) is 8.75. The quantitative estimate of drug-likeness (QED) is 0.543. The normalized spacial score (nSPS) is 18.5. The van der Waals surface area contributed by atoms with Crippen LogP contribution in [0.15, 0.2) is 24.3 Å². The Balaban J connectivity index is 1.59. The lowest BCUT2D eigenvalue weighted by Gasteiger charge is -2.30. The van der Waals surface area contributed by atoms with Gasteiger partial charge in [-0.15, -0.1) is 0 Å². The maximum absolute atomic E-state index is 11.8. The van der Waals surface area contributed by atoms with Crippen LogP contribution in [-0.2, 0) is 6.42 Å². The van der Waals surface area contributed by atoms with Crippen LogP contribution in [0.5, 0.6) is 0 Å². The number of aromatic nitrogens is 4. The summed E-state index contributed by atoms with van der Waals surface area (Å²) in [7, 11) is 0. The molecule has 1 aliphatic carbocycles. The number of hydrogen-bond acceptors (Lipinski definition) is 5. The largest absolute Gasteiger partial charge is 0.367 e. The lowest BCUT2D eigenvalue weighted by Crippen LogP contribution is -2.44. The van der Waals surface area contributed by atoms with Gasteiger partial charge in [-0.05, 0) is 58.1 Å². The topological polar surface area (TPSA) is 96.8 Å². The Bertz CT molecular complexity index is 1100. The van der Waals surface area contributed by atoms with Crippen LogP contribution < -0.4 is 16.0 Å². The van der Waals surface area contributed by atoms with Crippen molar-refractivity contribution >= 4 is 22.9 Å². The molecule has 0 aliphatic heterocycles. The summed E-state index contributed by atoms with van der Waals surface area (Å²) in [6.07, 6.45) is 4.62. The van der Waals surface area contributed by atoms with E-state index in [1.54, 1.807) is 0 Å². The zero-order chi connectivity index (χ0) is 22.7. The molecule has 3 N–H and O–H groups in total. The minimum absolute atomic E-state index is 0.0757. The highest BCUT2D eigenvalue weighted by atomic mass is 16.2. The maximum Gasteiger partial charge on any atom is 0.314 e. The number of anilines is 1. The highest BCUT2D eigenvalue weighted by Crippen LogP contribution is 2.30. The molecule has 32 heavy (non-hydrogen) atoms. The molecule has 0 bridgehead atoms. The molecule has 0 saturated heterocycles. The van der Waals surface area contributed by atoms with E-state index < -0.39 is 0 Å². The van der Waals surface area contributed by atoms with Crippen LogP contribution in [0.1, 0.15) is 56.6 Å². The van der Waals surface area contributed by atoms with Crippen molar-refractivity contribution in [2.75, 3.05) is 11.9 Å². The van der Waals surface area contributed by atoms with E-state index in [4.69, 9.17) is 15.1 Å². The smallest absolute Gasteiger partial charge is 0.314 e. The van der Waals surface area contributed by atoms with Crippen molar-refractivity contribution in [1.82, 2.24) is 30.4 Å². The number of para-hydroxylation sites is 1. The SMILES string of the molecule is CCNC(=O)NC1CCC(Nc2nc(CC)nc3c2c(C)nn3-c2ccccc2C)CC1. The molecule has 170 valence electrons. The van der Waals surface area contributed by atoms with Gasteiger partial charge in [0.1, 0.15) is 11.6 Å². The van der Waals surface area contributed by atoms with Crippen molar-refractivity contribution < 1.29 is 4.79 Å². The van der Waals surface area contributed by atoms with Gasteiger partial charge in [-0.1, -0.05) is 25.1 Å². The summed E-state index contributed by atoms with van der Waals surface area (Å²) >= 11 is 0. The standard InChI is InChI=1S/C24H33N7O/c1-5-20-28-22(26-17-11-13-18(14-12-17)27-24(32)25-6-2)21-16(4)30-31(23(21)29-20)19-10-8-7-9-15(19)3/h7-10,17-18H,5-6,11-14H2,1-4H3,(H2,25,27,32)(H,26,28,29). The van der Waals surface area contributed by atoms with Crippen molar-refractivity contribution in [3.8, 4) is 5.69 Å². The van der Waals surface area contributed by atoms with Gasteiger partial charge < -0.3 is 16.0 Å². The summed E-state index contributed by atoms with van der Waals surface area (Å²) < 4.78 is 1.94. The molecule has 1 fully saturated rings. The molecule has 2 amide bonds. The second-order valence-electron chi connectivity index (χ2n) is 8.52. The number of carbonyl (C=O) groups excluding carboxylic acids is 1. The third-order valence-corrected chi connectivity index (χ3v) is 6.15. The van der Waals surface area contributed by atoms with E-state index >= 15 is 0 Å². The Morgan fingerprint density at radius 3 is 2.47 bits per heavy atom. The van der Waals surface area contributed by atoms with Crippen molar-refractivity contribution in [2.45, 2.75) is 71.9 Å². The predicted molar refractivity (Wildman–Crippen MR) is 127 cm³/mol. The van der Waals surface area contributed by atoms with Crippen LogP contribution in [0, 0.1) is 13.8 Å². The Hall–Kier alpha value is -3.16. The molecular formula is C24H33N7O. The molecule has 8 nitrogen and oxygen atoms in total. The Morgan fingerprint density at radius 1 is 1.06 bits per heavy atom. The minimum Gasteiger partial charge on any atom is -0.367 e. The zero-order valence-electron chi connectivity index (χ0n) is 19.4. The summed E-state index contributed by atoms with van der Waals surface area (Å²) in [4.78, 5) is 21.5. The fourth-order valence-corrected chi connectivity index (χ4v) is 4.43. The van der Waals surface area contributed by atoms with Crippen LogP contribution in [-0.4, -0.2) is 44.4 Å². The average molecular weight is 436 g/mol. The van der Waals surface area contributed by atoms with Gasteiger partial charge >= 0.3 is 6.03 Å². The van der Waals surface area contributed by atoms with Crippen molar-refractivity contribution in [1.29, 1.82) is 0 Å². The van der Waals surface area contributed by atoms with Crippen LogP contribution in [0.25, 0.3) is 16.7 Å². The first kappa shape index (κ1) is 22.0. The van der Waals surface area contributed by atoms with E-state index in [-0.39, 0.29) is 12.1 Å². The molecule has 2 heterocycles. The highest BCUT2D eigenvalue weighted by Gasteiger charge is 2.25. The molecule has 8 heteroatoms. The summed E-state index contributed by atoms with van der Waals surface area (Å²) in [5.74, 6) is 1.67. The van der Waals surface area contributed by atoms with Crippen LogP contribution in [0.3, 0.4) is 0 Å². The van der Waals surface area contributed by atoms with Gasteiger partial charge in [-0.25, -0.2) is 19.4 Å². The number of hydrogen-bond donors (Lipinski definition) is 3. The monoisotopic (exact) mass is 435 g/mol. The number of carbonyl (C=O) groups is 1. The molecule has 1 aromatic carbocycles. The van der Waals surface area contributed by atoms with E-state index in [0.29, 0.717) is 12.6 Å². The second kappa shape index (κ2) is 9.54. The van der Waals surface area contributed by atoms with E-state index in [2.05, 4.69) is 41.9 Å². The van der Waals surface area contributed by atoms with E-state index in [9.17, 15) is 4.79 Å². The van der Waals surface area contributed by atoms with E-state index in [1.807, 2.05) is 30.7 Å². The van der Waals surface area contributed by atoms with Crippen LogP contribution >= 0.6 is 0 Å². The van der Waals surface area contributed by atoms with Crippen molar-refractivity contribution in [2.24, 2.45) is 0 Å². The molecule has 0 atom stereocenters. The summed E-state index contributed by atoms with van der Waals surface area (Å²) in [5, 5.41) is 15.4. The number of urea groups is 1. The number of fused-ring (bicyclic) bond motifs is 1.